The average Bonchev–Trinajstić information content (AvgIpc) is 2.54. The van der Waals surface area contributed by atoms with Gasteiger partial charge in [0.25, 0.3) is 0 Å². The number of hydrogen-bond donors (Lipinski definition) is 1. The van der Waals surface area contributed by atoms with Gasteiger partial charge in [0.05, 0.1) is 25.0 Å². The average molecular weight is 301 g/mol. The molecule has 2 rings (SSSR count). The molecule has 0 aliphatic heterocycles. The molecule has 22 heavy (non-hydrogen) atoms. The zero-order valence-corrected chi connectivity index (χ0v) is 12.9. The van der Waals surface area contributed by atoms with Crippen molar-refractivity contribution in [2.75, 3.05) is 32.7 Å². The Morgan fingerprint density at radius 3 is 2.77 bits per heavy atom. The number of nitrogens with one attached hydrogen (secondary N) is 1. The van der Waals surface area contributed by atoms with Gasteiger partial charge in [-0.05, 0) is 25.1 Å². The standard InChI is InChI=1S/C16H19N3O3/c1-11-9-14(19-16(18-11)17-7-8-21-2)12-5-4-6-13(10-12)15(20)22-3/h4-6,9-10H,7-8H2,1-3H3,(H,17,18,19). The number of benzene rings is 1. The van der Waals surface area contributed by atoms with Crippen molar-refractivity contribution in [2.45, 2.75) is 6.92 Å². The molecule has 6 nitrogen and oxygen atoms in total. The number of ether oxygens (including phenoxy) is 2. The van der Waals surface area contributed by atoms with Gasteiger partial charge in [0.1, 0.15) is 0 Å². The van der Waals surface area contributed by atoms with Gasteiger partial charge in [-0.15, -0.1) is 0 Å². The predicted octanol–water partition coefficient (Wildman–Crippen LogP) is 2.30. The van der Waals surface area contributed by atoms with Crippen LogP contribution in [0.25, 0.3) is 11.3 Å². The van der Waals surface area contributed by atoms with Crippen LogP contribution >= 0.6 is 0 Å². The van der Waals surface area contributed by atoms with E-state index in [1.807, 2.05) is 19.1 Å². The summed E-state index contributed by atoms with van der Waals surface area (Å²) in [7, 11) is 3.00. The molecular formula is C16H19N3O3. The highest BCUT2D eigenvalue weighted by molar-refractivity contribution is 5.90. The minimum absolute atomic E-state index is 0.369. The van der Waals surface area contributed by atoms with Crippen LogP contribution in [0.15, 0.2) is 30.3 Å². The summed E-state index contributed by atoms with van der Waals surface area (Å²) >= 11 is 0. The lowest BCUT2D eigenvalue weighted by Gasteiger charge is -2.09. The maximum atomic E-state index is 11.6. The molecule has 0 fully saturated rings. The first-order valence-corrected chi connectivity index (χ1v) is 6.91. The molecule has 0 saturated heterocycles. The fraction of sp³-hybridized carbons (Fsp3) is 0.312. The van der Waals surface area contributed by atoms with Crippen molar-refractivity contribution in [3.05, 3.63) is 41.6 Å². The van der Waals surface area contributed by atoms with Gasteiger partial charge in [-0.25, -0.2) is 14.8 Å². The number of rotatable bonds is 6. The summed E-state index contributed by atoms with van der Waals surface area (Å²) in [6.07, 6.45) is 0. The maximum absolute atomic E-state index is 11.6. The van der Waals surface area contributed by atoms with Gasteiger partial charge in [-0.2, -0.15) is 0 Å². The number of aromatic nitrogens is 2. The number of anilines is 1. The molecule has 0 atom stereocenters. The first-order chi connectivity index (χ1) is 10.6. The second kappa shape index (κ2) is 7.51. The lowest BCUT2D eigenvalue weighted by Crippen LogP contribution is -2.11. The van der Waals surface area contributed by atoms with Gasteiger partial charge in [0, 0.05) is 24.9 Å². The molecule has 1 heterocycles. The Kier molecular flexibility index (Phi) is 5.43. The third-order valence-corrected chi connectivity index (χ3v) is 3.02. The van der Waals surface area contributed by atoms with E-state index in [0.717, 1.165) is 17.0 Å². The lowest BCUT2D eigenvalue weighted by atomic mass is 10.1. The summed E-state index contributed by atoms with van der Waals surface area (Å²) < 4.78 is 9.74. The monoisotopic (exact) mass is 301 g/mol. The van der Waals surface area contributed by atoms with E-state index in [0.29, 0.717) is 24.7 Å². The van der Waals surface area contributed by atoms with Crippen LogP contribution in [0.2, 0.25) is 0 Å². The third kappa shape index (κ3) is 4.02. The third-order valence-electron chi connectivity index (χ3n) is 3.02. The number of esters is 1. The van der Waals surface area contributed by atoms with Crippen LogP contribution in [-0.4, -0.2) is 43.3 Å². The number of aryl methyl sites for hydroxylation is 1. The lowest BCUT2D eigenvalue weighted by molar-refractivity contribution is 0.0601. The topological polar surface area (TPSA) is 73.3 Å². The highest BCUT2D eigenvalue weighted by atomic mass is 16.5. The van der Waals surface area contributed by atoms with Gasteiger partial charge >= 0.3 is 5.97 Å². The highest BCUT2D eigenvalue weighted by Gasteiger charge is 2.09. The van der Waals surface area contributed by atoms with Gasteiger partial charge < -0.3 is 14.8 Å². The molecule has 1 aromatic heterocycles. The number of nitrogens with zero attached hydrogens (tertiary/aromatic N) is 2. The normalized spacial score (nSPS) is 10.3. The van der Waals surface area contributed by atoms with E-state index in [9.17, 15) is 4.79 Å². The van der Waals surface area contributed by atoms with E-state index in [-0.39, 0.29) is 5.97 Å². The van der Waals surface area contributed by atoms with E-state index in [2.05, 4.69) is 15.3 Å². The van der Waals surface area contributed by atoms with Crippen LogP contribution in [0.1, 0.15) is 16.1 Å². The van der Waals surface area contributed by atoms with Crippen LogP contribution in [0.5, 0.6) is 0 Å². The Morgan fingerprint density at radius 1 is 1.23 bits per heavy atom. The van der Waals surface area contributed by atoms with Crippen LogP contribution in [0, 0.1) is 6.92 Å². The Labute approximate surface area is 129 Å². The molecule has 2 aromatic rings. The zero-order chi connectivity index (χ0) is 15.9. The molecule has 0 radical (unpaired) electrons. The summed E-state index contributed by atoms with van der Waals surface area (Å²) in [4.78, 5) is 20.4. The van der Waals surface area contributed by atoms with Crippen molar-refractivity contribution in [2.24, 2.45) is 0 Å². The quantitative estimate of drug-likeness (QED) is 0.652. The molecule has 0 bridgehead atoms. The number of methoxy groups -OCH3 is 2. The molecule has 0 aliphatic rings. The molecule has 116 valence electrons. The minimum atomic E-state index is -0.369. The summed E-state index contributed by atoms with van der Waals surface area (Å²) in [5.74, 6) is 0.168. The molecule has 6 heteroatoms. The molecular weight excluding hydrogens is 282 g/mol. The summed E-state index contributed by atoms with van der Waals surface area (Å²) in [6, 6.07) is 9.04. The van der Waals surface area contributed by atoms with Crippen molar-refractivity contribution in [3.63, 3.8) is 0 Å². The Hall–Kier alpha value is -2.47. The summed E-state index contributed by atoms with van der Waals surface area (Å²) in [5, 5.41) is 3.11. The van der Waals surface area contributed by atoms with Crippen LogP contribution in [0.3, 0.4) is 0 Å². The van der Waals surface area contributed by atoms with Crippen molar-refractivity contribution >= 4 is 11.9 Å². The first-order valence-electron chi connectivity index (χ1n) is 6.91. The van der Waals surface area contributed by atoms with E-state index < -0.39 is 0 Å². The molecule has 0 aliphatic carbocycles. The van der Waals surface area contributed by atoms with Crippen LogP contribution in [-0.2, 0) is 9.47 Å². The van der Waals surface area contributed by atoms with E-state index >= 15 is 0 Å². The van der Waals surface area contributed by atoms with Gasteiger partial charge in [-0.1, -0.05) is 12.1 Å². The minimum Gasteiger partial charge on any atom is -0.465 e. The summed E-state index contributed by atoms with van der Waals surface area (Å²) in [5.41, 5.74) is 2.92. The van der Waals surface area contributed by atoms with Crippen LogP contribution < -0.4 is 5.32 Å². The fourth-order valence-corrected chi connectivity index (χ4v) is 1.98. The number of hydrogen-bond acceptors (Lipinski definition) is 6. The Bertz CT molecular complexity index is 659. The molecule has 0 spiro atoms. The molecule has 0 saturated carbocycles. The van der Waals surface area contributed by atoms with Crippen molar-refractivity contribution in [1.82, 2.24) is 9.97 Å². The second-order valence-corrected chi connectivity index (χ2v) is 4.71. The van der Waals surface area contributed by atoms with E-state index in [1.54, 1.807) is 25.3 Å². The summed E-state index contributed by atoms with van der Waals surface area (Å²) in [6.45, 7) is 3.10. The van der Waals surface area contributed by atoms with Crippen molar-refractivity contribution in [1.29, 1.82) is 0 Å². The van der Waals surface area contributed by atoms with Crippen molar-refractivity contribution in [3.8, 4) is 11.3 Å². The van der Waals surface area contributed by atoms with E-state index in [4.69, 9.17) is 9.47 Å². The predicted molar refractivity (Wildman–Crippen MR) is 83.9 cm³/mol. The second-order valence-electron chi connectivity index (χ2n) is 4.71. The number of carbonyl (C=O) groups excluding carboxylic acids is 1. The first kappa shape index (κ1) is 15.9. The van der Waals surface area contributed by atoms with Crippen LogP contribution in [0.4, 0.5) is 5.95 Å². The Balaban J connectivity index is 2.29. The van der Waals surface area contributed by atoms with Gasteiger partial charge in [-0.3, -0.25) is 0 Å². The maximum Gasteiger partial charge on any atom is 0.337 e. The highest BCUT2D eigenvalue weighted by Crippen LogP contribution is 2.20. The fourth-order valence-electron chi connectivity index (χ4n) is 1.98. The molecule has 1 N–H and O–H groups in total. The number of carbonyl (C=O) groups is 1. The molecule has 0 amide bonds. The largest absolute Gasteiger partial charge is 0.465 e. The van der Waals surface area contributed by atoms with E-state index in [1.165, 1.54) is 7.11 Å². The Morgan fingerprint density at radius 2 is 2.05 bits per heavy atom. The van der Waals surface area contributed by atoms with Crippen molar-refractivity contribution < 1.29 is 14.3 Å². The molecule has 0 unspecified atom stereocenters. The van der Waals surface area contributed by atoms with Gasteiger partial charge in [0.2, 0.25) is 5.95 Å². The zero-order valence-electron chi connectivity index (χ0n) is 12.9. The molecule has 1 aromatic carbocycles. The smallest absolute Gasteiger partial charge is 0.337 e. The SMILES string of the molecule is COCCNc1nc(C)cc(-c2cccc(C(=O)OC)c2)n1. The van der Waals surface area contributed by atoms with Gasteiger partial charge in [0.15, 0.2) is 0 Å².